The van der Waals surface area contributed by atoms with Gasteiger partial charge < -0.3 is 5.73 Å². The third-order valence-electron chi connectivity index (χ3n) is 0.558. The quantitative estimate of drug-likeness (QED) is 0.566. The summed E-state index contributed by atoms with van der Waals surface area (Å²) in [5.74, 6) is 0. The number of hydrogen-bond donors (Lipinski definition) is 1. The zero-order chi connectivity index (χ0) is 6.12. The fraction of sp³-hybridized carbons (Fsp3) is 1.00. The van der Waals surface area contributed by atoms with Crippen LogP contribution in [0.3, 0.4) is 0 Å². The predicted octanol–water partition coefficient (Wildman–Crippen LogP) is 1.77. The largest absolute Gasteiger partial charge is 0.330 e. The van der Waals surface area contributed by atoms with Gasteiger partial charge >= 0.3 is 0 Å². The lowest BCUT2D eigenvalue weighted by atomic mass is 10.3. The Hall–Kier alpha value is -0.0400. The maximum Gasteiger partial charge on any atom is -0.00774 e. The van der Waals surface area contributed by atoms with Gasteiger partial charge in [-0.15, -0.1) is 0 Å². The Bertz CT molecular complexity index is 11.7. The van der Waals surface area contributed by atoms with Crippen molar-refractivity contribution in [3.05, 3.63) is 0 Å². The highest BCUT2D eigenvalue weighted by atomic mass is 14.5. The van der Waals surface area contributed by atoms with E-state index < -0.39 is 0 Å². The van der Waals surface area contributed by atoms with E-state index in [1.165, 1.54) is 12.8 Å². The highest BCUT2D eigenvalue weighted by Gasteiger charge is 1.67. The van der Waals surface area contributed by atoms with Gasteiger partial charge in [0, 0.05) is 0 Å². The van der Waals surface area contributed by atoms with Crippen LogP contribution in [0.25, 0.3) is 0 Å². The van der Waals surface area contributed by atoms with Crippen LogP contribution in [-0.4, -0.2) is 6.54 Å². The molecule has 2 N–H and O–H groups in total. The van der Waals surface area contributed by atoms with Crippen molar-refractivity contribution in [3.63, 3.8) is 0 Å². The zero-order valence-corrected chi connectivity index (χ0v) is 5.70. The Morgan fingerprint density at radius 1 is 1.29 bits per heavy atom. The molecule has 0 radical (unpaired) electrons. The molecule has 0 bridgehead atoms. The maximum absolute atomic E-state index is 5.14. The SMILES string of the molecule is CC.CCCCN. The normalized spacial score (nSPS) is 6.86. The summed E-state index contributed by atoms with van der Waals surface area (Å²) in [5, 5.41) is 0. The van der Waals surface area contributed by atoms with Crippen LogP contribution in [0.1, 0.15) is 33.6 Å². The lowest BCUT2D eigenvalue weighted by molar-refractivity contribution is 0.807. The van der Waals surface area contributed by atoms with Crippen molar-refractivity contribution < 1.29 is 0 Å². The highest BCUT2D eigenvalue weighted by molar-refractivity contribution is 4.29. The summed E-state index contributed by atoms with van der Waals surface area (Å²) >= 11 is 0. The minimum absolute atomic E-state index is 0.844. The fourth-order valence-corrected chi connectivity index (χ4v) is 0.204. The lowest BCUT2D eigenvalue weighted by Gasteiger charge is -1.80. The van der Waals surface area contributed by atoms with Gasteiger partial charge in [-0.2, -0.15) is 0 Å². The van der Waals surface area contributed by atoms with Crippen molar-refractivity contribution in [2.45, 2.75) is 33.6 Å². The first-order valence-electron chi connectivity index (χ1n) is 3.12. The molecule has 1 nitrogen and oxygen atoms in total. The third-order valence-corrected chi connectivity index (χ3v) is 0.558. The van der Waals surface area contributed by atoms with E-state index >= 15 is 0 Å². The van der Waals surface area contributed by atoms with Crippen LogP contribution in [0, 0.1) is 0 Å². The molecule has 0 amide bonds. The van der Waals surface area contributed by atoms with E-state index in [1.807, 2.05) is 13.8 Å². The van der Waals surface area contributed by atoms with E-state index in [0.717, 1.165) is 6.54 Å². The Morgan fingerprint density at radius 2 is 1.71 bits per heavy atom. The van der Waals surface area contributed by atoms with Gasteiger partial charge in [0.25, 0.3) is 0 Å². The average molecular weight is 103 g/mol. The summed E-state index contributed by atoms with van der Waals surface area (Å²) in [5.41, 5.74) is 5.14. The van der Waals surface area contributed by atoms with Gasteiger partial charge in [-0.1, -0.05) is 27.2 Å². The second kappa shape index (κ2) is 16.7. The monoisotopic (exact) mass is 103 g/mol. The van der Waals surface area contributed by atoms with Crippen molar-refractivity contribution in [2.75, 3.05) is 6.54 Å². The second-order valence-electron chi connectivity index (χ2n) is 1.14. The van der Waals surface area contributed by atoms with Gasteiger partial charge in [0.05, 0.1) is 0 Å². The molecular weight excluding hydrogens is 86.1 g/mol. The van der Waals surface area contributed by atoms with Crippen LogP contribution in [0.4, 0.5) is 0 Å². The summed E-state index contributed by atoms with van der Waals surface area (Å²) < 4.78 is 0. The summed E-state index contributed by atoms with van der Waals surface area (Å²) in [7, 11) is 0. The van der Waals surface area contributed by atoms with Gasteiger partial charge in [0.2, 0.25) is 0 Å². The zero-order valence-electron chi connectivity index (χ0n) is 5.70. The molecule has 0 aromatic heterocycles. The van der Waals surface area contributed by atoms with E-state index in [0.29, 0.717) is 0 Å². The van der Waals surface area contributed by atoms with Crippen LogP contribution in [0.5, 0.6) is 0 Å². The van der Waals surface area contributed by atoms with E-state index in [9.17, 15) is 0 Å². The fourth-order valence-electron chi connectivity index (χ4n) is 0.204. The van der Waals surface area contributed by atoms with Crippen molar-refractivity contribution in [2.24, 2.45) is 5.73 Å². The molecule has 0 aromatic carbocycles. The van der Waals surface area contributed by atoms with Gasteiger partial charge in [-0.3, -0.25) is 0 Å². The first kappa shape index (κ1) is 10.0. The predicted molar refractivity (Wildman–Crippen MR) is 35.3 cm³/mol. The molecule has 1 heteroatoms. The topological polar surface area (TPSA) is 26.0 Å². The van der Waals surface area contributed by atoms with Gasteiger partial charge in [0.1, 0.15) is 0 Å². The second-order valence-corrected chi connectivity index (χ2v) is 1.14. The van der Waals surface area contributed by atoms with E-state index in [2.05, 4.69) is 6.92 Å². The summed E-state index contributed by atoms with van der Waals surface area (Å²) in [6.07, 6.45) is 2.39. The first-order chi connectivity index (χ1) is 3.41. The molecule has 0 saturated heterocycles. The molecule has 0 aliphatic carbocycles. The molecule has 0 unspecified atom stereocenters. The smallest absolute Gasteiger partial charge is 0.00774 e. The summed E-state index contributed by atoms with van der Waals surface area (Å²) in [6.45, 7) is 6.98. The van der Waals surface area contributed by atoms with Crippen molar-refractivity contribution >= 4 is 0 Å². The molecule has 0 aliphatic rings. The van der Waals surface area contributed by atoms with E-state index in [-0.39, 0.29) is 0 Å². The van der Waals surface area contributed by atoms with E-state index in [4.69, 9.17) is 5.73 Å². The van der Waals surface area contributed by atoms with Crippen molar-refractivity contribution in [1.82, 2.24) is 0 Å². The van der Waals surface area contributed by atoms with Crippen LogP contribution < -0.4 is 5.73 Å². The molecule has 0 atom stereocenters. The molecule has 0 aliphatic heterocycles. The molecule has 0 fully saturated rings. The van der Waals surface area contributed by atoms with Crippen LogP contribution in [0.2, 0.25) is 0 Å². The minimum Gasteiger partial charge on any atom is -0.330 e. The maximum atomic E-state index is 5.14. The molecule has 0 heterocycles. The van der Waals surface area contributed by atoms with Crippen LogP contribution >= 0.6 is 0 Å². The average Bonchev–Trinajstić information content (AvgIpc) is 1.75. The molecular formula is C6H17N. The van der Waals surface area contributed by atoms with Crippen LogP contribution in [-0.2, 0) is 0 Å². The Morgan fingerprint density at radius 3 is 1.71 bits per heavy atom. The third kappa shape index (κ3) is 24.3. The van der Waals surface area contributed by atoms with Gasteiger partial charge in [0.15, 0.2) is 0 Å². The van der Waals surface area contributed by atoms with Gasteiger partial charge in [-0.05, 0) is 13.0 Å². The molecule has 46 valence electrons. The van der Waals surface area contributed by atoms with Crippen LogP contribution in [0.15, 0.2) is 0 Å². The minimum atomic E-state index is 0.844. The van der Waals surface area contributed by atoms with Crippen molar-refractivity contribution in [1.29, 1.82) is 0 Å². The number of hydrogen-bond acceptors (Lipinski definition) is 1. The van der Waals surface area contributed by atoms with E-state index in [1.54, 1.807) is 0 Å². The molecule has 7 heavy (non-hydrogen) atoms. The highest BCUT2D eigenvalue weighted by Crippen LogP contribution is 1.77. The number of nitrogens with two attached hydrogens (primary N) is 1. The first-order valence-corrected chi connectivity index (χ1v) is 3.12. The summed E-state index contributed by atoms with van der Waals surface area (Å²) in [4.78, 5) is 0. The van der Waals surface area contributed by atoms with Gasteiger partial charge in [-0.25, -0.2) is 0 Å². The number of rotatable bonds is 2. The molecule has 0 aromatic rings. The molecule has 0 rings (SSSR count). The number of unbranched alkanes of at least 4 members (excludes halogenated alkanes) is 1. The molecule has 0 saturated carbocycles. The lowest BCUT2D eigenvalue weighted by Crippen LogP contribution is -1.95. The Kier molecular flexibility index (Phi) is 24.0. The van der Waals surface area contributed by atoms with Crippen molar-refractivity contribution in [3.8, 4) is 0 Å². The Balaban J connectivity index is 0. The standard InChI is InChI=1S/C4H11N.C2H6/c1-2-3-4-5;1-2/h2-5H2,1H3;1-2H3. The molecule has 0 spiro atoms. The Labute approximate surface area is 46.9 Å². The summed E-state index contributed by atoms with van der Waals surface area (Å²) in [6, 6.07) is 0.